The Bertz CT molecular complexity index is 440. The van der Waals surface area contributed by atoms with Crippen molar-refractivity contribution < 1.29 is 0 Å². The second-order valence-corrected chi connectivity index (χ2v) is 5.26. The van der Waals surface area contributed by atoms with E-state index in [9.17, 15) is 4.79 Å². The zero-order valence-electron chi connectivity index (χ0n) is 10.6. The number of piperidine rings is 1. The fourth-order valence-corrected chi connectivity index (χ4v) is 2.30. The van der Waals surface area contributed by atoms with Gasteiger partial charge < -0.3 is 10.2 Å². The van der Waals surface area contributed by atoms with Crippen LogP contribution < -0.4 is 10.9 Å². The Kier molecular flexibility index (Phi) is 4.60. The van der Waals surface area contributed by atoms with Crippen molar-refractivity contribution in [1.82, 2.24) is 15.1 Å². The molecule has 1 aliphatic rings. The average Bonchev–Trinajstić information content (AvgIpc) is 2.37. The minimum absolute atomic E-state index is 0.178. The van der Waals surface area contributed by atoms with Gasteiger partial charge in [0, 0.05) is 13.1 Å². The number of nitrogens with one attached hydrogen (secondary N) is 2. The highest BCUT2D eigenvalue weighted by Gasteiger charge is 2.15. The van der Waals surface area contributed by atoms with Crippen molar-refractivity contribution in [3.8, 4) is 0 Å². The largest absolute Gasteiger partial charge is 0.381 e. The molecule has 0 atom stereocenters. The molecule has 1 fully saturated rings. The van der Waals surface area contributed by atoms with Gasteiger partial charge in [-0.3, -0.25) is 4.79 Å². The maximum atomic E-state index is 11.2. The average molecular weight is 271 g/mol. The van der Waals surface area contributed by atoms with E-state index in [1.54, 1.807) is 6.20 Å². The van der Waals surface area contributed by atoms with Gasteiger partial charge in [0.25, 0.3) is 5.56 Å². The molecule has 0 radical (unpaired) electrons. The molecular weight excluding hydrogens is 252 g/mol. The molecule has 0 spiro atoms. The number of hydrogen-bond donors (Lipinski definition) is 2. The highest BCUT2D eigenvalue weighted by atomic mass is 35.5. The maximum absolute atomic E-state index is 11.2. The summed E-state index contributed by atoms with van der Waals surface area (Å²) < 4.78 is 0. The summed E-state index contributed by atoms with van der Waals surface area (Å²) in [7, 11) is 0. The van der Waals surface area contributed by atoms with Crippen LogP contribution >= 0.6 is 11.6 Å². The minimum atomic E-state index is -0.353. The van der Waals surface area contributed by atoms with Crippen LogP contribution in [0.2, 0.25) is 5.02 Å². The molecule has 1 aliphatic heterocycles. The molecule has 2 N–H and O–H groups in total. The van der Waals surface area contributed by atoms with Crippen LogP contribution in [0.1, 0.15) is 19.8 Å². The standard InChI is InChI=1S/C12H19ClN4O/c1-9-2-5-17(6-3-9)7-4-14-10-8-15-16-12(18)11(10)13/h8-9H,2-7H2,1H3,(H2,14,16,18). The highest BCUT2D eigenvalue weighted by molar-refractivity contribution is 6.32. The molecule has 18 heavy (non-hydrogen) atoms. The molecule has 1 aromatic heterocycles. The van der Waals surface area contributed by atoms with Crippen LogP contribution in [0.5, 0.6) is 0 Å². The fraction of sp³-hybridized carbons (Fsp3) is 0.667. The van der Waals surface area contributed by atoms with Gasteiger partial charge >= 0.3 is 0 Å². The van der Waals surface area contributed by atoms with Crippen LogP contribution in [0.4, 0.5) is 5.69 Å². The molecule has 0 bridgehead atoms. The van der Waals surface area contributed by atoms with Gasteiger partial charge in [-0.05, 0) is 31.8 Å². The number of likely N-dealkylation sites (tertiary alicyclic amines) is 1. The normalized spacial score (nSPS) is 17.9. The Balaban J connectivity index is 1.78. The SMILES string of the molecule is CC1CCN(CCNc2cn[nH]c(=O)c2Cl)CC1. The van der Waals surface area contributed by atoms with E-state index in [0.717, 1.165) is 32.1 Å². The van der Waals surface area contributed by atoms with Crippen LogP contribution in [-0.4, -0.2) is 41.3 Å². The molecule has 2 heterocycles. The van der Waals surface area contributed by atoms with E-state index in [-0.39, 0.29) is 10.6 Å². The summed E-state index contributed by atoms with van der Waals surface area (Å²) in [6, 6.07) is 0. The van der Waals surface area contributed by atoms with E-state index in [0.29, 0.717) is 5.69 Å². The van der Waals surface area contributed by atoms with Gasteiger partial charge in [-0.2, -0.15) is 5.10 Å². The Morgan fingerprint density at radius 1 is 1.56 bits per heavy atom. The van der Waals surface area contributed by atoms with E-state index in [1.807, 2.05) is 0 Å². The van der Waals surface area contributed by atoms with E-state index >= 15 is 0 Å². The monoisotopic (exact) mass is 270 g/mol. The number of aromatic amines is 1. The van der Waals surface area contributed by atoms with Crippen molar-refractivity contribution in [2.75, 3.05) is 31.5 Å². The number of rotatable bonds is 4. The first-order valence-corrected chi connectivity index (χ1v) is 6.74. The zero-order valence-corrected chi connectivity index (χ0v) is 11.3. The molecular formula is C12H19ClN4O. The number of aromatic nitrogens is 2. The third kappa shape index (κ3) is 3.46. The Hall–Kier alpha value is -1.07. The summed E-state index contributed by atoms with van der Waals surface area (Å²) in [5.74, 6) is 0.848. The van der Waals surface area contributed by atoms with E-state index in [2.05, 4.69) is 27.3 Å². The van der Waals surface area contributed by atoms with E-state index in [4.69, 9.17) is 11.6 Å². The van der Waals surface area contributed by atoms with E-state index < -0.39 is 0 Å². The minimum Gasteiger partial charge on any atom is -0.381 e. The highest BCUT2D eigenvalue weighted by Crippen LogP contribution is 2.16. The topological polar surface area (TPSA) is 61.0 Å². The van der Waals surface area contributed by atoms with E-state index in [1.165, 1.54) is 12.8 Å². The van der Waals surface area contributed by atoms with Crippen LogP contribution in [0.15, 0.2) is 11.0 Å². The van der Waals surface area contributed by atoms with Gasteiger partial charge in [-0.25, -0.2) is 5.10 Å². The summed E-state index contributed by atoms with van der Waals surface area (Å²) in [5, 5.41) is 9.35. The lowest BCUT2D eigenvalue weighted by Crippen LogP contribution is -2.36. The molecule has 0 aliphatic carbocycles. The van der Waals surface area contributed by atoms with Crippen LogP contribution in [0, 0.1) is 5.92 Å². The Morgan fingerprint density at radius 3 is 3.00 bits per heavy atom. The summed E-state index contributed by atoms with van der Waals surface area (Å²) in [6.45, 7) is 6.36. The predicted octanol–water partition coefficient (Wildman–Crippen LogP) is 1.57. The van der Waals surface area contributed by atoms with Gasteiger partial charge in [0.05, 0.1) is 11.9 Å². The first kappa shape index (κ1) is 13.4. The van der Waals surface area contributed by atoms with Gasteiger partial charge in [0.15, 0.2) is 0 Å². The maximum Gasteiger partial charge on any atom is 0.285 e. The molecule has 1 saturated heterocycles. The quantitative estimate of drug-likeness (QED) is 0.872. The molecule has 5 nitrogen and oxygen atoms in total. The van der Waals surface area contributed by atoms with Gasteiger partial charge in [-0.1, -0.05) is 18.5 Å². The Labute approximate surface area is 112 Å². The molecule has 2 rings (SSSR count). The number of halogens is 1. The lowest BCUT2D eigenvalue weighted by Gasteiger charge is -2.30. The number of H-pyrrole nitrogens is 1. The fourth-order valence-electron chi connectivity index (χ4n) is 2.14. The van der Waals surface area contributed by atoms with Crippen molar-refractivity contribution in [3.63, 3.8) is 0 Å². The summed E-state index contributed by atoms with van der Waals surface area (Å²) in [4.78, 5) is 13.7. The van der Waals surface area contributed by atoms with Crippen LogP contribution in [-0.2, 0) is 0 Å². The van der Waals surface area contributed by atoms with Crippen molar-refractivity contribution in [2.45, 2.75) is 19.8 Å². The van der Waals surface area contributed by atoms with Crippen molar-refractivity contribution in [2.24, 2.45) is 5.92 Å². The second kappa shape index (κ2) is 6.20. The Morgan fingerprint density at radius 2 is 2.28 bits per heavy atom. The zero-order chi connectivity index (χ0) is 13.0. The predicted molar refractivity (Wildman–Crippen MR) is 73.2 cm³/mol. The summed E-state index contributed by atoms with van der Waals surface area (Å²) >= 11 is 5.87. The van der Waals surface area contributed by atoms with Crippen LogP contribution in [0.3, 0.4) is 0 Å². The number of hydrogen-bond acceptors (Lipinski definition) is 4. The molecule has 0 unspecified atom stereocenters. The first-order chi connectivity index (χ1) is 8.66. The lowest BCUT2D eigenvalue weighted by atomic mass is 9.99. The van der Waals surface area contributed by atoms with Crippen molar-refractivity contribution >= 4 is 17.3 Å². The van der Waals surface area contributed by atoms with Crippen LogP contribution in [0.25, 0.3) is 0 Å². The summed E-state index contributed by atoms with van der Waals surface area (Å²) in [6.07, 6.45) is 4.09. The number of anilines is 1. The van der Waals surface area contributed by atoms with Crippen molar-refractivity contribution in [1.29, 1.82) is 0 Å². The molecule has 100 valence electrons. The first-order valence-electron chi connectivity index (χ1n) is 6.36. The molecule has 1 aromatic rings. The second-order valence-electron chi connectivity index (χ2n) is 4.88. The molecule has 6 heteroatoms. The lowest BCUT2D eigenvalue weighted by molar-refractivity contribution is 0.199. The molecule has 0 aromatic carbocycles. The van der Waals surface area contributed by atoms with Gasteiger partial charge in [0.1, 0.15) is 5.02 Å². The van der Waals surface area contributed by atoms with Crippen molar-refractivity contribution in [3.05, 3.63) is 21.6 Å². The smallest absolute Gasteiger partial charge is 0.285 e. The molecule has 0 saturated carbocycles. The van der Waals surface area contributed by atoms with Gasteiger partial charge in [0.2, 0.25) is 0 Å². The number of nitrogens with zero attached hydrogens (tertiary/aromatic N) is 2. The third-order valence-electron chi connectivity index (χ3n) is 3.42. The summed E-state index contributed by atoms with van der Waals surface area (Å²) in [5.41, 5.74) is 0.249. The third-order valence-corrected chi connectivity index (χ3v) is 3.79. The molecule has 0 amide bonds. The van der Waals surface area contributed by atoms with Gasteiger partial charge in [-0.15, -0.1) is 0 Å².